The zero-order valence-corrected chi connectivity index (χ0v) is 21.2. The molecule has 0 bridgehead atoms. The molecule has 0 aliphatic heterocycles. The number of carbonyl (C=O) groups excluding carboxylic acids is 2. The van der Waals surface area contributed by atoms with Crippen molar-refractivity contribution in [3.05, 3.63) is 41.9 Å². The summed E-state index contributed by atoms with van der Waals surface area (Å²) in [6.45, 7) is 7.45. The summed E-state index contributed by atoms with van der Waals surface area (Å²) >= 11 is 0. The number of hydrogen-bond donors (Lipinski definition) is 4. The molecule has 0 radical (unpaired) electrons. The normalized spacial score (nSPS) is 12.0. The Morgan fingerprint density at radius 1 is 1.09 bits per heavy atom. The van der Waals surface area contributed by atoms with Crippen molar-refractivity contribution < 1.29 is 28.5 Å². The quantitative estimate of drug-likeness (QED) is 0.116. The first kappa shape index (κ1) is 30.6. The Morgan fingerprint density at radius 3 is 2.69 bits per heavy atom. The molecule has 0 saturated heterocycles. The summed E-state index contributed by atoms with van der Waals surface area (Å²) in [6, 6.07) is 6.85. The summed E-state index contributed by atoms with van der Waals surface area (Å²) < 4.78 is 21.8. The van der Waals surface area contributed by atoms with Gasteiger partial charge in [0.15, 0.2) is 0 Å². The molecule has 1 aromatic rings. The smallest absolute Gasteiger partial charge is 0.251 e. The molecule has 0 aliphatic carbocycles. The molecule has 11 heteroatoms. The van der Waals surface area contributed by atoms with Gasteiger partial charge in [-0.15, -0.1) is 5.98 Å². The van der Waals surface area contributed by atoms with Crippen LogP contribution >= 0.6 is 0 Å². The predicted octanol–water partition coefficient (Wildman–Crippen LogP) is 0.244. The number of nitrogens with one attached hydrogen (secondary N) is 3. The van der Waals surface area contributed by atoms with E-state index in [1.807, 2.05) is 13.1 Å². The maximum atomic E-state index is 12.1. The maximum absolute atomic E-state index is 12.1. The molecule has 1 unspecified atom stereocenters. The summed E-state index contributed by atoms with van der Waals surface area (Å²) in [5, 5.41) is 8.50. The molecule has 10 nitrogen and oxygen atoms in total. The van der Waals surface area contributed by atoms with Crippen molar-refractivity contribution in [2.24, 2.45) is 5.73 Å². The van der Waals surface area contributed by atoms with Crippen LogP contribution in [0.1, 0.15) is 24.2 Å². The van der Waals surface area contributed by atoms with E-state index in [1.165, 1.54) is 0 Å². The van der Waals surface area contributed by atoms with E-state index >= 15 is 0 Å². The topological polar surface area (TPSA) is 133 Å². The van der Waals surface area contributed by atoms with Crippen LogP contribution in [0.4, 0.5) is 0 Å². The van der Waals surface area contributed by atoms with Crippen LogP contribution in [-0.2, 0) is 19.0 Å². The molecular formula is C24H41BN4O6. The van der Waals surface area contributed by atoms with Gasteiger partial charge in [-0.3, -0.25) is 9.59 Å². The van der Waals surface area contributed by atoms with E-state index in [0.29, 0.717) is 50.0 Å². The fourth-order valence-electron chi connectivity index (χ4n) is 2.68. The molecule has 0 saturated carbocycles. The first-order valence-corrected chi connectivity index (χ1v) is 12.0. The fourth-order valence-corrected chi connectivity index (χ4v) is 2.68. The first-order valence-electron chi connectivity index (χ1n) is 12.0. The van der Waals surface area contributed by atoms with Crippen LogP contribution in [0.5, 0.6) is 5.75 Å². The van der Waals surface area contributed by atoms with Crippen LogP contribution in [-0.4, -0.2) is 91.6 Å². The number of nitrogens with two attached hydrogens (primary N) is 1. The lowest BCUT2D eigenvalue weighted by Gasteiger charge is -2.15. The number of hydrogen-bond acceptors (Lipinski definition) is 8. The van der Waals surface area contributed by atoms with Crippen LogP contribution in [0, 0.1) is 0 Å². The summed E-state index contributed by atoms with van der Waals surface area (Å²) in [5.41, 5.74) is 6.40. The van der Waals surface area contributed by atoms with E-state index in [0.717, 1.165) is 7.28 Å². The van der Waals surface area contributed by atoms with Gasteiger partial charge < -0.3 is 40.6 Å². The molecular weight excluding hydrogens is 451 g/mol. The molecule has 1 rings (SSSR count). The standard InChI is InChI=1S/C24H41BN4O6/c1-19(2)25-8-5-12-32-13-11-28-23(30)18-33-14-15-34-22(26)17-35-21-7-4-6-20(16-21)24(31)29-10-9-27-3/h4-8,16,19,22,25,27H,9-15,17-18,26H2,1-3H3,(H,28,30)(H,29,31)/b8-5+. The summed E-state index contributed by atoms with van der Waals surface area (Å²) in [4.78, 5) is 23.8. The number of likely N-dealkylation sites (N-methyl/N-ethyl adjacent to an activating group) is 1. The highest BCUT2D eigenvalue weighted by molar-refractivity contribution is 6.43. The third-order valence-corrected chi connectivity index (χ3v) is 4.52. The first-order chi connectivity index (χ1) is 16.9. The second-order valence-electron chi connectivity index (χ2n) is 8.19. The Morgan fingerprint density at radius 2 is 1.91 bits per heavy atom. The molecule has 0 aliphatic rings. The van der Waals surface area contributed by atoms with Crippen molar-refractivity contribution in [1.29, 1.82) is 0 Å². The zero-order chi connectivity index (χ0) is 25.7. The Labute approximate surface area is 209 Å². The van der Waals surface area contributed by atoms with Crippen LogP contribution in [0.3, 0.4) is 0 Å². The molecule has 0 heterocycles. The van der Waals surface area contributed by atoms with Crippen molar-refractivity contribution in [1.82, 2.24) is 16.0 Å². The predicted molar refractivity (Wildman–Crippen MR) is 138 cm³/mol. The second-order valence-corrected chi connectivity index (χ2v) is 8.19. The maximum Gasteiger partial charge on any atom is 0.251 e. The van der Waals surface area contributed by atoms with Gasteiger partial charge in [0.25, 0.3) is 5.91 Å². The molecule has 196 valence electrons. The van der Waals surface area contributed by atoms with Gasteiger partial charge in [0.1, 0.15) is 32.5 Å². The number of carbonyl (C=O) groups is 2. The molecule has 0 fully saturated rings. The Kier molecular flexibility index (Phi) is 17.3. The lowest BCUT2D eigenvalue weighted by Crippen LogP contribution is -2.33. The fraction of sp³-hybridized carbons (Fsp3) is 0.583. The molecule has 0 aromatic heterocycles. The molecule has 1 aromatic carbocycles. The van der Waals surface area contributed by atoms with E-state index in [9.17, 15) is 9.59 Å². The van der Waals surface area contributed by atoms with Gasteiger partial charge in [0.2, 0.25) is 5.91 Å². The average Bonchev–Trinajstić information content (AvgIpc) is 2.84. The van der Waals surface area contributed by atoms with Crippen molar-refractivity contribution in [2.75, 3.05) is 66.3 Å². The third kappa shape index (κ3) is 16.8. The Bertz CT molecular complexity index is 750. The number of rotatable bonds is 20. The van der Waals surface area contributed by atoms with E-state index in [-0.39, 0.29) is 38.2 Å². The van der Waals surface area contributed by atoms with Gasteiger partial charge in [-0.05, 0) is 25.2 Å². The lowest BCUT2D eigenvalue weighted by atomic mass is 9.66. The van der Waals surface area contributed by atoms with Crippen molar-refractivity contribution in [3.8, 4) is 5.75 Å². The highest BCUT2D eigenvalue weighted by Crippen LogP contribution is 2.13. The number of amides is 2. The SMILES string of the molecule is CNCCNC(=O)c1cccc(OCC(N)OCCOCC(=O)NCCOC/C=C/BC(C)C)c1. The number of ether oxygens (including phenoxy) is 4. The number of benzene rings is 1. The molecule has 1 atom stereocenters. The van der Waals surface area contributed by atoms with Crippen LogP contribution in [0.15, 0.2) is 36.3 Å². The van der Waals surface area contributed by atoms with Gasteiger partial charge in [-0.25, -0.2) is 0 Å². The van der Waals surface area contributed by atoms with Gasteiger partial charge in [0, 0.05) is 25.2 Å². The van der Waals surface area contributed by atoms with E-state index < -0.39 is 6.23 Å². The van der Waals surface area contributed by atoms with Crippen LogP contribution < -0.4 is 26.4 Å². The summed E-state index contributed by atoms with van der Waals surface area (Å²) in [7, 11) is 2.85. The largest absolute Gasteiger partial charge is 0.489 e. The molecule has 5 N–H and O–H groups in total. The summed E-state index contributed by atoms with van der Waals surface area (Å²) in [6.07, 6.45) is 1.32. The second kappa shape index (κ2) is 19.8. The van der Waals surface area contributed by atoms with E-state index in [2.05, 4.69) is 35.8 Å². The highest BCUT2D eigenvalue weighted by Gasteiger charge is 2.08. The monoisotopic (exact) mass is 492 g/mol. The Balaban J connectivity index is 2.07. The van der Waals surface area contributed by atoms with E-state index in [4.69, 9.17) is 24.7 Å². The minimum absolute atomic E-state index is 0.0629. The van der Waals surface area contributed by atoms with Crippen LogP contribution in [0.2, 0.25) is 5.82 Å². The van der Waals surface area contributed by atoms with Gasteiger partial charge >= 0.3 is 0 Å². The zero-order valence-electron chi connectivity index (χ0n) is 21.2. The Hall–Kier alpha value is -2.44. The average molecular weight is 492 g/mol. The van der Waals surface area contributed by atoms with Crippen molar-refractivity contribution in [3.63, 3.8) is 0 Å². The highest BCUT2D eigenvalue weighted by atomic mass is 16.6. The van der Waals surface area contributed by atoms with Gasteiger partial charge in [-0.1, -0.05) is 31.8 Å². The van der Waals surface area contributed by atoms with E-state index in [1.54, 1.807) is 24.3 Å². The van der Waals surface area contributed by atoms with Gasteiger partial charge in [0.05, 0.1) is 26.4 Å². The minimum Gasteiger partial charge on any atom is -0.489 e. The molecule has 2 amide bonds. The minimum atomic E-state index is -0.674. The van der Waals surface area contributed by atoms with Crippen molar-refractivity contribution in [2.45, 2.75) is 25.9 Å². The summed E-state index contributed by atoms with van der Waals surface area (Å²) in [5.74, 6) is 2.87. The molecule has 35 heavy (non-hydrogen) atoms. The van der Waals surface area contributed by atoms with Crippen LogP contribution in [0.25, 0.3) is 0 Å². The van der Waals surface area contributed by atoms with Crippen molar-refractivity contribution >= 4 is 19.1 Å². The third-order valence-electron chi connectivity index (χ3n) is 4.52. The molecule has 0 spiro atoms. The van der Waals surface area contributed by atoms with Gasteiger partial charge in [-0.2, -0.15) is 0 Å². The lowest BCUT2D eigenvalue weighted by molar-refractivity contribution is -0.126.